The number of carbonyl (C=O) groups excluding carboxylic acids is 1. The lowest BCUT2D eigenvalue weighted by molar-refractivity contribution is -0.142. The molecule has 0 radical (unpaired) electrons. The number of aliphatic carboxylic acids is 1. The van der Waals surface area contributed by atoms with Crippen LogP contribution in [0.4, 0.5) is 0 Å². The molecule has 1 heterocycles. The van der Waals surface area contributed by atoms with Gasteiger partial charge in [-0.2, -0.15) is 4.31 Å². The van der Waals surface area contributed by atoms with Gasteiger partial charge in [-0.25, -0.2) is 13.2 Å². The Morgan fingerprint density at radius 1 is 0.976 bits per heavy atom. The van der Waals surface area contributed by atoms with E-state index in [9.17, 15) is 23.1 Å². The molecule has 3 aromatic carbocycles. The molecule has 2 atom stereocenters. The molecule has 1 unspecified atom stereocenters. The molecule has 1 aliphatic rings. The molecule has 1 fully saturated rings. The molecule has 0 bridgehead atoms. The highest BCUT2D eigenvalue weighted by atomic mass is 32.2. The second kappa shape index (κ2) is 13.6. The lowest BCUT2D eigenvalue weighted by Crippen LogP contribution is -2.51. The van der Waals surface area contributed by atoms with Gasteiger partial charge < -0.3 is 15.7 Å². The van der Waals surface area contributed by atoms with Gasteiger partial charge in [-0.3, -0.25) is 10.2 Å². The van der Waals surface area contributed by atoms with E-state index in [2.05, 4.69) is 34.9 Å². The van der Waals surface area contributed by atoms with E-state index in [1.807, 2.05) is 24.3 Å². The summed E-state index contributed by atoms with van der Waals surface area (Å²) in [6, 6.07) is 21.6. The first kappa shape index (κ1) is 30.0. The first-order chi connectivity index (χ1) is 19.6. The summed E-state index contributed by atoms with van der Waals surface area (Å²) < 4.78 is 27.4. The van der Waals surface area contributed by atoms with Gasteiger partial charge in [0.1, 0.15) is 12.1 Å². The topological polar surface area (TPSA) is 140 Å². The van der Waals surface area contributed by atoms with Gasteiger partial charge in [-0.1, -0.05) is 66.7 Å². The van der Waals surface area contributed by atoms with Crippen molar-refractivity contribution in [3.05, 3.63) is 90.0 Å². The Balaban J connectivity index is 1.37. The van der Waals surface area contributed by atoms with Crippen molar-refractivity contribution in [2.24, 2.45) is 0 Å². The third-order valence-corrected chi connectivity index (χ3v) is 9.11. The van der Waals surface area contributed by atoms with E-state index >= 15 is 0 Å². The maximum Gasteiger partial charge on any atom is 0.326 e. The summed E-state index contributed by atoms with van der Waals surface area (Å²) in [7, 11) is -3.88. The number of nitrogens with zero attached hydrogens (tertiary/aromatic N) is 1. The molecule has 0 spiro atoms. The van der Waals surface area contributed by atoms with E-state index < -0.39 is 34.0 Å². The van der Waals surface area contributed by atoms with Crippen molar-refractivity contribution in [3.63, 3.8) is 0 Å². The number of hydrogen-bond donors (Lipinski definition) is 4. The van der Waals surface area contributed by atoms with Crippen LogP contribution in [0.25, 0.3) is 11.1 Å². The van der Waals surface area contributed by atoms with Crippen molar-refractivity contribution < 1.29 is 23.1 Å². The van der Waals surface area contributed by atoms with Crippen LogP contribution >= 0.6 is 0 Å². The van der Waals surface area contributed by atoms with Crippen molar-refractivity contribution in [1.29, 1.82) is 5.41 Å². The van der Waals surface area contributed by atoms with Gasteiger partial charge in [-0.15, -0.1) is 0 Å². The molecule has 0 aromatic heterocycles. The number of sulfonamides is 1. The lowest BCUT2D eigenvalue weighted by atomic mass is 9.99. The maximum atomic E-state index is 13.1. The van der Waals surface area contributed by atoms with E-state index in [1.165, 1.54) is 22.0 Å². The summed E-state index contributed by atoms with van der Waals surface area (Å²) in [5.41, 5.74) is 3.99. The fraction of sp³-hybridized carbons (Fsp3) is 0.323. The Hall–Kier alpha value is -4.02. The van der Waals surface area contributed by atoms with Gasteiger partial charge >= 0.3 is 5.97 Å². The van der Waals surface area contributed by atoms with Crippen LogP contribution in [0.15, 0.2) is 83.8 Å². The third-order valence-electron chi connectivity index (χ3n) is 7.18. The van der Waals surface area contributed by atoms with Crippen LogP contribution in [-0.2, 0) is 32.5 Å². The molecule has 0 saturated carbocycles. The highest BCUT2D eigenvalue weighted by Crippen LogP contribution is 2.26. The number of carboxylic acids is 1. The van der Waals surface area contributed by atoms with Crippen LogP contribution in [0.1, 0.15) is 37.3 Å². The zero-order valence-electron chi connectivity index (χ0n) is 23.0. The monoisotopic (exact) mass is 576 g/mol. The molecule has 1 amide bonds. The summed E-state index contributed by atoms with van der Waals surface area (Å²) in [5.74, 6) is -1.31. The summed E-state index contributed by atoms with van der Waals surface area (Å²) in [4.78, 5) is 25.3. The molecule has 0 aliphatic carbocycles. The number of nitrogens with one attached hydrogen (secondary N) is 3. The number of amidine groups is 1. The smallest absolute Gasteiger partial charge is 0.326 e. The fourth-order valence-electron chi connectivity index (χ4n) is 4.99. The Kier molecular flexibility index (Phi) is 9.91. The Labute approximate surface area is 241 Å². The normalized spacial score (nSPS) is 16.2. The molecule has 10 heteroatoms. The molecule has 4 rings (SSSR count). The fourth-order valence-corrected chi connectivity index (χ4v) is 6.66. The average Bonchev–Trinajstić information content (AvgIpc) is 3.47. The van der Waals surface area contributed by atoms with E-state index in [4.69, 9.17) is 5.41 Å². The number of hydrogen-bond acceptors (Lipinski definition) is 5. The number of amides is 1. The standard InChI is InChI=1S/C31H36N4O5S/c1-22(32)33-19-5-7-23-11-15-25(16-12-23)26-17-13-24(14-18-26)21-28(31(37)38)34-30(36)29-10-6-20-35(29)41(39,40)27-8-3-2-4-9-27/h2-4,8-9,11-18,28-29H,5-7,10,19-21H2,1H3,(H2,32,33)(H,34,36)(H,37,38)/t28?,29-/m0/s1. The molecule has 3 aromatic rings. The van der Waals surface area contributed by atoms with Gasteiger partial charge in [0.2, 0.25) is 15.9 Å². The predicted molar refractivity (Wildman–Crippen MR) is 158 cm³/mol. The molecule has 4 N–H and O–H groups in total. The minimum atomic E-state index is -3.88. The van der Waals surface area contributed by atoms with Crippen LogP contribution in [-0.4, -0.2) is 60.7 Å². The van der Waals surface area contributed by atoms with Crippen molar-refractivity contribution in [3.8, 4) is 11.1 Å². The molecule has 216 valence electrons. The zero-order chi connectivity index (χ0) is 29.4. The molecular weight excluding hydrogens is 540 g/mol. The van der Waals surface area contributed by atoms with Gasteiger partial charge in [0.25, 0.3) is 0 Å². The van der Waals surface area contributed by atoms with Gasteiger partial charge in [-0.05, 0) is 67.0 Å². The van der Waals surface area contributed by atoms with Gasteiger partial charge in [0.05, 0.1) is 10.7 Å². The second-order valence-corrected chi connectivity index (χ2v) is 12.1. The maximum absolute atomic E-state index is 13.1. The number of aryl methyl sites for hydroxylation is 1. The predicted octanol–water partition coefficient (Wildman–Crippen LogP) is 3.84. The Morgan fingerprint density at radius 2 is 1.59 bits per heavy atom. The number of rotatable bonds is 12. The highest BCUT2D eigenvalue weighted by Gasteiger charge is 2.40. The zero-order valence-corrected chi connectivity index (χ0v) is 23.9. The van der Waals surface area contributed by atoms with Crippen LogP contribution < -0.4 is 10.6 Å². The first-order valence-corrected chi connectivity index (χ1v) is 15.2. The number of benzene rings is 3. The summed E-state index contributed by atoms with van der Waals surface area (Å²) in [6.45, 7) is 2.70. The Morgan fingerprint density at radius 3 is 2.17 bits per heavy atom. The number of carbonyl (C=O) groups is 2. The summed E-state index contributed by atoms with van der Waals surface area (Å²) >= 11 is 0. The third kappa shape index (κ3) is 7.80. The molecule has 41 heavy (non-hydrogen) atoms. The van der Waals surface area contributed by atoms with Crippen LogP contribution in [0.2, 0.25) is 0 Å². The van der Waals surface area contributed by atoms with Crippen molar-refractivity contribution in [2.45, 2.75) is 56.0 Å². The van der Waals surface area contributed by atoms with E-state index in [0.717, 1.165) is 36.1 Å². The van der Waals surface area contributed by atoms with Crippen molar-refractivity contribution >= 4 is 27.7 Å². The van der Waals surface area contributed by atoms with Gasteiger partial charge in [0.15, 0.2) is 0 Å². The van der Waals surface area contributed by atoms with E-state index in [0.29, 0.717) is 18.7 Å². The molecular formula is C31H36N4O5S. The second-order valence-electron chi connectivity index (χ2n) is 10.2. The number of carboxylic acid groups (broad SMARTS) is 1. The van der Waals surface area contributed by atoms with Crippen LogP contribution in [0.3, 0.4) is 0 Å². The SMILES string of the molecule is CC(=N)NCCCc1ccc(-c2ccc(CC(NC(=O)[C@@H]3CCCN3S(=O)(=O)c3ccccc3)C(=O)O)cc2)cc1. The highest BCUT2D eigenvalue weighted by molar-refractivity contribution is 7.89. The minimum absolute atomic E-state index is 0.0711. The lowest BCUT2D eigenvalue weighted by Gasteiger charge is -2.25. The van der Waals surface area contributed by atoms with E-state index in [1.54, 1.807) is 25.1 Å². The molecule has 1 saturated heterocycles. The largest absolute Gasteiger partial charge is 0.480 e. The van der Waals surface area contributed by atoms with Crippen molar-refractivity contribution in [1.82, 2.24) is 14.9 Å². The average molecular weight is 577 g/mol. The quantitative estimate of drug-likeness (QED) is 0.147. The first-order valence-electron chi connectivity index (χ1n) is 13.7. The molecule has 9 nitrogen and oxygen atoms in total. The molecule has 1 aliphatic heterocycles. The summed E-state index contributed by atoms with van der Waals surface area (Å²) in [6.07, 6.45) is 2.78. The van der Waals surface area contributed by atoms with E-state index in [-0.39, 0.29) is 17.9 Å². The van der Waals surface area contributed by atoms with Crippen LogP contribution in [0.5, 0.6) is 0 Å². The van der Waals surface area contributed by atoms with Crippen LogP contribution in [0, 0.1) is 5.41 Å². The van der Waals surface area contributed by atoms with Crippen molar-refractivity contribution in [2.75, 3.05) is 13.1 Å². The summed E-state index contributed by atoms with van der Waals surface area (Å²) in [5, 5.41) is 22.8. The minimum Gasteiger partial charge on any atom is -0.480 e. The Bertz CT molecular complexity index is 1460. The van der Waals surface area contributed by atoms with Gasteiger partial charge in [0, 0.05) is 19.5 Å².